The third-order valence-electron chi connectivity index (χ3n) is 4.03. The smallest absolute Gasteiger partial charge is 0.166 e. The lowest BCUT2D eigenvalue weighted by Gasteiger charge is -2.24. The van der Waals surface area contributed by atoms with E-state index in [0.717, 1.165) is 24.2 Å². The number of rotatable bonds is 1. The van der Waals surface area contributed by atoms with Crippen molar-refractivity contribution in [2.75, 3.05) is 7.11 Å². The Bertz CT molecular complexity index is 436. The molecular weight excluding hydrogens is 200 g/mol. The standard InChI is InChI=1S/C14H16O2/c1-16-9-6-7-12-13(8-9)10-4-2-3-5-11(10)14(12)15/h6-8,10-11H,2-5H2,1H3/t10-,11-/m1/s1. The first-order valence-electron chi connectivity index (χ1n) is 6.03. The van der Waals surface area contributed by atoms with Gasteiger partial charge < -0.3 is 4.74 Å². The van der Waals surface area contributed by atoms with E-state index in [9.17, 15) is 4.79 Å². The summed E-state index contributed by atoms with van der Waals surface area (Å²) >= 11 is 0. The van der Waals surface area contributed by atoms with Crippen LogP contribution in [0, 0.1) is 5.92 Å². The maximum absolute atomic E-state index is 12.2. The molecule has 0 spiro atoms. The molecular formula is C14H16O2. The van der Waals surface area contributed by atoms with Crippen LogP contribution in [0.1, 0.15) is 47.5 Å². The summed E-state index contributed by atoms with van der Waals surface area (Å²) < 4.78 is 5.24. The maximum atomic E-state index is 12.2. The lowest BCUT2D eigenvalue weighted by molar-refractivity contribution is 0.0898. The summed E-state index contributed by atoms with van der Waals surface area (Å²) in [5.74, 6) is 1.96. The van der Waals surface area contributed by atoms with Crippen LogP contribution in [0.2, 0.25) is 0 Å². The van der Waals surface area contributed by atoms with Crippen LogP contribution in [-0.4, -0.2) is 12.9 Å². The van der Waals surface area contributed by atoms with Crippen LogP contribution in [0.3, 0.4) is 0 Å². The van der Waals surface area contributed by atoms with Gasteiger partial charge in [0.15, 0.2) is 5.78 Å². The number of fused-ring (bicyclic) bond motifs is 3. The van der Waals surface area contributed by atoms with Gasteiger partial charge in [0.25, 0.3) is 0 Å². The molecule has 0 heterocycles. The molecule has 0 aromatic heterocycles. The molecule has 2 atom stereocenters. The lowest BCUT2D eigenvalue weighted by Crippen LogP contribution is -2.17. The number of Topliss-reactive ketones (excluding diaryl/α,β-unsaturated/α-hetero) is 1. The SMILES string of the molecule is COc1ccc2c(c1)[C@@H]1CCCC[C@H]1C2=O. The number of ether oxygens (including phenoxy) is 1. The molecule has 0 bridgehead atoms. The van der Waals surface area contributed by atoms with Crippen LogP contribution >= 0.6 is 0 Å². The van der Waals surface area contributed by atoms with Crippen molar-refractivity contribution in [3.63, 3.8) is 0 Å². The van der Waals surface area contributed by atoms with E-state index in [2.05, 4.69) is 6.07 Å². The Morgan fingerprint density at radius 1 is 1.19 bits per heavy atom. The predicted molar refractivity (Wildman–Crippen MR) is 62.0 cm³/mol. The monoisotopic (exact) mass is 216 g/mol. The minimum Gasteiger partial charge on any atom is -0.497 e. The van der Waals surface area contributed by atoms with E-state index in [-0.39, 0.29) is 5.92 Å². The Morgan fingerprint density at radius 2 is 1.94 bits per heavy atom. The number of hydrogen-bond donors (Lipinski definition) is 0. The minimum absolute atomic E-state index is 0.260. The average Bonchev–Trinajstić information content (AvgIpc) is 2.64. The second-order valence-electron chi connectivity index (χ2n) is 4.81. The van der Waals surface area contributed by atoms with Crippen molar-refractivity contribution >= 4 is 5.78 Å². The fourth-order valence-electron chi connectivity index (χ4n) is 3.22. The van der Waals surface area contributed by atoms with Crippen molar-refractivity contribution in [1.82, 2.24) is 0 Å². The molecule has 0 amide bonds. The molecule has 1 saturated carbocycles. The molecule has 2 aliphatic rings. The van der Waals surface area contributed by atoms with E-state index >= 15 is 0 Å². The highest BCUT2D eigenvalue weighted by Crippen LogP contribution is 2.47. The van der Waals surface area contributed by atoms with Crippen molar-refractivity contribution in [1.29, 1.82) is 0 Å². The van der Waals surface area contributed by atoms with Gasteiger partial charge in [-0.15, -0.1) is 0 Å². The highest BCUT2D eigenvalue weighted by atomic mass is 16.5. The quantitative estimate of drug-likeness (QED) is 0.720. The molecule has 3 rings (SSSR count). The molecule has 0 unspecified atom stereocenters. The number of benzene rings is 1. The van der Waals surface area contributed by atoms with E-state index < -0.39 is 0 Å². The number of ketones is 1. The Labute approximate surface area is 95.6 Å². The number of methoxy groups -OCH3 is 1. The molecule has 16 heavy (non-hydrogen) atoms. The van der Waals surface area contributed by atoms with Crippen LogP contribution < -0.4 is 4.74 Å². The van der Waals surface area contributed by atoms with E-state index in [1.165, 1.54) is 18.4 Å². The number of carbonyl (C=O) groups is 1. The molecule has 1 aromatic rings. The lowest BCUT2D eigenvalue weighted by atomic mass is 9.79. The largest absolute Gasteiger partial charge is 0.497 e. The second kappa shape index (κ2) is 3.62. The van der Waals surface area contributed by atoms with Gasteiger partial charge in [-0.1, -0.05) is 12.8 Å². The van der Waals surface area contributed by atoms with Crippen LogP contribution in [0.25, 0.3) is 0 Å². The molecule has 0 N–H and O–H groups in total. The van der Waals surface area contributed by atoms with Gasteiger partial charge in [0.05, 0.1) is 7.11 Å². The van der Waals surface area contributed by atoms with Gasteiger partial charge in [0.1, 0.15) is 5.75 Å². The van der Waals surface area contributed by atoms with Gasteiger partial charge in [-0.3, -0.25) is 4.79 Å². The topological polar surface area (TPSA) is 26.3 Å². The summed E-state index contributed by atoms with van der Waals surface area (Å²) in [7, 11) is 1.68. The number of hydrogen-bond acceptors (Lipinski definition) is 2. The average molecular weight is 216 g/mol. The van der Waals surface area contributed by atoms with E-state index in [0.29, 0.717) is 11.7 Å². The van der Waals surface area contributed by atoms with Crippen molar-refractivity contribution < 1.29 is 9.53 Å². The third-order valence-corrected chi connectivity index (χ3v) is 4.03. The van der Waals surface area contributed by atoms with Gasteiger partial charge >= 0.3 is 0 Å². The summed E-state index contributed by atoms with van der Waals surface area (Å²) in [6.07, 6.45) is 4.69. The van der Waals surface area contributed by atoms with Crippen molar-refractivity contribution in [3.05, 3.63) is 29.3 Å². The Balaban J connectivity index is 2.07. The molecule has 0 radical (unpaired) electrons. The fraction of sp³-hybridized carbons (Fsp3) is 0.500. The van der Waals surface area contributed by atoms with Gasteiger partial charge in [-0.2, -0.15) is 0 Å². The first kappa shape index (κ1) is 9.88. The summed E-state index contributed by atoms with van der Waals surface area (Å²) in [5, 5.41) is 0. The summed E-state index contributed by atoms with van der Waals surface area (Å²) in [5.41, 5.74) is 2.17. The molecule has 2 nitrogen and oxygen atoms in total. The van der Waals surface area contributed by atoms with Crippen molar-refractivity contribution in [3.8, 4) is 5.75 Å². The molecule has 0 aliphatic heterocycles. The molecule has 2 aliphatic carbocycles. The summed E-state index contributed by atoms with van der Waals surface area (Å²) in [6.45, 7) is 0. The van der Waals surface area contributed by atoms with Crippen LogP contribution in [0.4, 0.5) is 0 Å². The highest BCUT2D eigenvalue weighted by Gasteiger charge is 2.40. The maximum Gasteiger partial charge on any atom is 0.166 e. The first-order chi connectivity index (χ1) is 7.81. The second-order valence-corrected chi connectivity index (χ2v) is 4.81. The minimum atomic E-state index is 0.260. The molecule has 1 fully saturated rings. The van der Waals surface area contributed by atoms with Crippen LogP contribution in [0.5, 0.6) is 5.75 Å². The van der Waals surface area contributed by atoms with Gasteiger partial charge in [0.2, 0.25) is 0 Å². The first-order valence-corrected chi connectivity index (χ1v) is 6.03. The van der Waals surface area contributed by atoms with E-state index in [1.807, 2.05) is 12.1 Å². The summed E-state index contributed by atoms with van der Waals surface area (Å²) in [6, 6.07) is 5.89. The molecule has 2 heteroatoms. The third kappa shape index (κ3) is 1.29. The van der Waals surface area contributed by atoms with Gasteiger partial charge in [-0.05, 0) is 42.5 Å². The Morgan fingerprint density at radius 3 is 2.69 bits per heavy atom. The molecule has 1 aromatic carbocycles. The Hall–Kier alpha value is -1.31. The Kier molecular flexibility index (Phi) is 2.23. The predicted octanol–water partition coefficient (Wildman–Crippen LogP) is 3.17. The summed E-state index contributed by atoms with van der Waals surface area (Å²) in [4.78, 5) is 12.2. The fourth-order valence-corrected chi connectivity index (χ4v) is 3.22. The zero-order chi connectivity index (χ0) is 11.1. The normalized spacial score (nSPS) is 27.4. The molecule has 0 saturated heterocycles. The van der Waals surface area contributed by atoms with Crippen molar-refractivity contribution in [2.24, 2.45) is 5.92 Å². The van der Waals surface area contributed by atoms with Crippen molar-refractivity contribution in [2.45, 2.75) is 31.6 Å². The van der Waals surface area contributed by atoms with E-state index in [4.69, 9.17) is 4.74 Å². The van der Waals surface area contributed by atoms with Crippen LogP contribution in [0.15, 0.2) is 18.2 Å². The molecule has 84 valence electrons. The van der Waals surface area contributed by atoms with Crippen LogP contribution in [-0.2, 0) is 0 Å². The zero-order valence-corrected chi connectivity index (χ0v) is 9.53. The highest BCUT2D eigenvalue weighted by molar-refractivity contribution is 6.03. The number of carbonyl (C=O) groups excluding carboxylic acids is 1. The van der Waals surface area contributed by atoms with E-state index in [1.54, 1.807) is 7.11 Å². The van der Waals surface area contributed by atoms with Gasteiger partial charge in [-0.25, -0.2) is 0 Å². The van der Waals surface area contributed by atoms with Gasteiger partial charge in [0, 0.05) is 11.5 Å². The zero-order valence-electron chi connectivity index (χ0n) is 9.53.